The molecule has 0 radical (unpaired) electrons. The van der Waals surface area contributed by atoms with Crippen LogP contribution in [0.25, 0.3) is 6.08 Å². The molecule has 132 valence electrons. The molecule has 0 saturated carbocycles. The molecule has 0 aliphatic rings. The summed E-state index contributed by atoms with van der Waals surface area (Å²) >= 11 is 0. The van der Waals surface area contributed by atoms with Crippen LogP contribution in [0.1, 0.15) is 18.9 Å². The SMILES string of the molecule is CCS(=O)(=O)CCC(NC(=O)/C=C/c1ccc(OC)cc1)C(=O)O. The molecule has 0 aliphatic heterocycles. The van der Waals surface area contributed by atoms with Crippen LogP contribution in [0.15, 0.2) is 30.3 Å². The number of amides is 1. The number of methoxy groups -OCH3 is 1. The Morgan fingerprint density at radius 2 is 1.92 bits per heavy atom. The van der Waals surface area contributed by atoms with Gasteiger partial charge in [-0.05, 0) is 30.2 Å². The topological polar surface area (TPSA) is 110 Å². The quantitative estimate of drug-likeness (QED) is 0.642. The molecular formula is C16H21NO6S. The number of hydrogen-bond donors (Lipinski definition) is 2. The highest BCUT2D eigenvalue weighted by molar-refractivity contribution is 7.91. The summed E-state index contributed by atoms with van der Waals surface area (Å²) in [6, 6.07) is 5.69. The highest BCUT2D eigenvalue weighted by Gasteiger charge is 2.21. The number of aliphatic carboxylic acids is 1. The fourth-order valence-electron chi connectivity index (χ4n) is 1.81. The third-order valence-corrected chi connectivity index (χ3v) is 5.05. The van der Waals surface area contributed by atoms with E-state index in [0.717, 1.165) is 5.56 Å². The van der Waals surface area contributed by atoms with Gasteiger partial charge in [0.25, 0.3) is 0 Å². The normalized spacial score (nSPS) is 12.8. The summed E-state index contributed by atoms with van der Waals surface area (Å²) in [5.74, 6) is -1.55. The Morgan fingerprint density at radius 3 is 2.42 bits per heavy atom. The van der Waals surface area contributed by atoms with Crippen LogP contribution in [0.5, 0.6) is 5.75 Å². The Hall–Kier alpha value is -2.35. The fraction of sp³-hybridized carbons (Fsp3) is 0.375. The van der Waals surface area contributed by atoms with Crippen LogP contribution in [0.2, 0.25) is 0 Å². The molecule has 1 atom stereocenters. The summed E-state index contributed by atoms with van der Waals surface area (Å²) in [6.07, 6.45) is 2.55. The number of nitrogens with one attached hydrogen (secondary N) is 1. The van der Waals surface area contributed by atoms with Crippen molar-refractivity contribution in [1.29, 1.82) is 0 Å². The summed E-state index contributed by atoms with van der Waals surface area (Å²) in [7, 11) is -1.75. The second kappa shape index (κ2) is 9.07. The molecule has 0 fully saturated rings. The molecule has 0 aliphatic carbocycles. The van der Waals surface area contributed by atoms with Gasteiger partial charge >= 0.3 is 5.97 Å². The van der Waals surface area contributed by atoms with Crippen LogP contribution < -0.4 is 10.1 Å². The molecule has 1 aromatic carbocycles. The zero-order chi connectivity index (χ0) is 18.2. The zero-order valence-corrected chi connectivity index (χ0v) is 14.4. The van der Waals surface area contributed by atoms with Crippen LogP contribution in [-0.4, -0.2) is 50.1 Å². The lowest BCUT2D eigenvalue weighted by molar-refractivity contribution is -0.141. The minimum absolute atomic E-state index is 0.0648. The number of carboxylic acid groups (broad SMARTS) is 1. The minimum Gasteiger partial charge on any atom is -0.497 e. The Kier molecular flexibility index (Phi) is 7.44. The molecule has 0 aromatic heterocycles. The molecule has 1 amide bonds. The van der Waals surface area contributed by atoms with Gasteiger partial charge in [-0.3, -0.25) is 4.79 Å². The first-order valence-corrected chi connectivity index (χ1v) is 9.15. The van der Waals surface area contributed by atoms with Gasteiger partial charge in [-0.1, -0.05) is 19.1 Å². The number of hydrogen-bond acceptors (Lipinski definition) is 5. The molecule has 1 unspecified atom stereocenters. The molecule has 1 aromatic rings. The van der Waals surface area contributed by atoms with Crippen LogP contribution >= 0.6 is 0 Å². The molecule has 0 spiro atoms. The third-order valence-electron chi connectivity index (χ3n) is 3.31. The summed E-state index contributed by atoms with van der Waals surface area (Å²) in [5.41, 5.74) is 0.742. The number of carboxylic acids is 1. The van der Waals surface area contributed by atoms with E-state index < -0.39 is 27.8 Å². The number of carbonyl (C=O) groups excluding carboxylic acids is 1. The molecule has 0 bridgehead atoms. The van der Waals surface area contributed by atoms with E-state index in [1.807, 2.05) is 0 Å². The van der Waals surface area contributed by atoms with E-state index in [9.17, 15) is 18.0 Å². The van der Waals surface area contributed by atoms with E-state index in [4.69, 9.17) is 9.84 Å². The lowest BCUT2D eigenvalue weighted by atomic mass is 10.2. The third kappa shape index (κ3) is 6.82. The first-order valence-electron chi connectivity index (χ1n) is 7.33. The molecule has 7 nitrogen and oxygen atoms in total. The molecule has 2 N–H and O–H groups in total. The Labute approximate surface area is 141 Å². The lowest BCUT2D eigenvalue weighted by Crippen LogP contribution is -2.41. The van der Waals surface area contributed by atoms with Crippen LogP contribution in [0.3, 0.4) is 0 Å². The Balaban J connectivity index is 2.64. The largest absolute Gasteiger partial charge is 0.497 e. The maximum Gasteiger partial charge on any atom is 0.326 e. The Bertz CT molecular complexity index is 694. The van der Waals surface area contributed by atoms with Crippen molar-refractivity contribution in [2.75, 3.05) is 18.6 Å². The average Bonchev–Trinajstić information content (AvgIpc) is 2.57. The number of ether oxygens (including phenoxy) is 1. The van der Waals surface area contributed by atoms with E-state index >= 15 is 0 Å². The predicted octanol–water partition coefficient (Wildman–Crippen LogP) is 1.10. The first kappa shape index (κ1) is 19.7. The minimum atomic E-state index is -3.29. The van der Waals surface area contributed by atoms with E-state index in [1.165, 1.54) is 19.1 Å². The van der Waals surface area contributed by atoms with E-state index in [-0.39, 0.29) is 17.9 Å². The lowest BCUT2D eigenvalue weighted by Gasteiger charge is -2.13. The van der Waals surface area contributed by atoms with Crippen molar-refractivity contribution < 1.29 is 27.9 Å². The molecule has 0 heterocycles. The van der Waals surface area contributed by atoms with Gasteiger partial charge in [-0.2, -0.15) is 0 Å². The highest BCUT2D eigenvalue weighted by atomic mass is 32.2. The van der Waals surface area contributed by atoms with Gasteiger partial charge < -0.3 is 15.2 Å². The molecule has 24 heavy (non-hydrogen) atoms. The monoisotopic (exact) mass is 355 g/mol. The van der Waals surface area contributed by atoms with Crippen molar-refractivity contribution in [1.82, 2.24) is 5.32 Å². The van der Waals surface area contributed by atoms with Gasteiger partial charge in [0.05, 0.1) is 12.9 Å². The van der Waals surface area contributed by atoms with Crippen molar-refractivity contribution in [2.45, 2.75) is 19.4 Å². The van der Waals surface area contributed by atoms with Crippen LogP contribution in [0.4, 0.5) is 0 Å². The summed E-state index contributed by atoms with van der Waals surface area (Å²) in [5, 5.41) is 11.4. The Morgan fingerprint density at radius 1 is 1.29 bits per heavy atom. The van der Waals surface area contributed by atoms with Gasteiger partial charge in [0.15, 0.2) is 0 Å². The van der Waals surface area contributed by atoms with Gasteiger partial charge in [0, 0.05) is 11.8 Å². The summed E-state index contributed by atoms with van der Waals surface area (Å²) < 4.78 is 27.9. The molecular weight excluding hydrogens is 334 g/mol. The van der Waals surface area contributed by atoms with Gasteiger partial charge in [0.2, 0.25) is 5.91 Å². The highest BCUT2D eigenvalue weighted by Crippen LogP contribution is 2.12. The van der Waals surface area contributed by atoms with E-state index in [0.29, 0.717) is 5.75 Å². The maximum atomic E-state index is 11.8. The number of benzene rings is 1. The van der Waals surface area contributed by atoms with Crippen molar-refractivity contribution in [3.63, 3.8) is 0 Å². The smallest absolute Gasteiger partial charge is 0.326 e. The number of sulfone groups is 1. The number of rotatable bonds is 9. The van der Waals surface area contributed by atoms with E-state index in [2.05, 4.69) is 5.32 Å². The molecule has 1 rings (SSSR count). The van der Waals surface area contributed by atoms with Crippen molar-refractivity contribution in [2.24, 2.45) is 0 Å². The van der Waals surface area contributed by atoms with Crippen molar-refractivity contribution in [3.8, 4) is 5.75 Å². The van der Waals surface area contributed by atoms with Gasteiger partial charge in [-0.25, -0.2) is 13.2 Å². The maximum absolute atomic E-state index is 11.8. The second-order valence-corrected chi connectivity index (χ2v) is 7.50. The zero-order valence-electron chi connectivity index (χ0n) is 13.6. The van der Waals surface area contributed by atoms with Crippen LogP contribution in [-0.2, 0) is 19.4 Å². The van der Waals surface area contributed by atoms with Crippen molar-refractivity contribution in [3.05, 3.63) is 35.9 Å². The van der Waals surface area contributed by atoms with Gasteiger partial charge in [-0.15, -0.1) is 0 Å². The van der Waals surface area contributed by atoms with Crippen molar-refractivity contribution >= 4 is 27.8 Å². The summed E-state index contributed by atoms with van der Waals surface area (Å²) in [4.78, 5) is 23.0. The fourth-order valence-corrected chi connectivity index (χ4v) is 2.69. The van der Waals surface area contributed by atoms with Crippen LogP contribution in [0, 0.1) is 0 Å². The number of carbonyl (C=O) groups is 2. The van der Waals surface area contributed by atoms with Gasteiger partial charge in [0.1, 0.15) is 21.6 Å². The average molecular weight is 355 g/mol. The standard InChI is InChI=1S/C16H21NO6S/c1-3-24(21,22)11-10-14(16(19)20)17-15(18)9-6-12-4-7-13(23-2)8-5-12/h4-9,14H,3,10-11H2,1-2H3,(H,17,18)(H,19,20)/b9-6+. The second-order valence-electron chi connectivity index (χ2n) is 5.03. The molecule has 8 heteroatoms. The predicted molar refractivity (Wildman–Crippen MR) is 90.5 cm³/mol. The molecule has 0 saturated heterocycles. The summed E-state index contributed by atoms with van der Waals surface area (Å²) in [6.45, 7) is 1.49. The first-order chi connectivity index (χ1) is 11.3. The van der Waals surface area contributed by atoms with E-state index in [1.54, 1.807) is 31.4 Å².